The summed E-state index contributed by atoms with van der Waals surface area (Å²) in [5.41, 5.74) is 8.11. The fourth-order valence-corrected chi connectivity index (χ4v) is 2.87. The van der Waals surface area contributed by atoms with E-state index in [2.05, 4.69) is 32.9 Å². The van der Waals surface area contributed by atoms with Gasteiger partial charge in [-0.2, -0.15) is 0 Å². The van der Waals surface area contributed by atoms with Gasteiger partial charge in [-0.05, 0) is 46.0 Å². The van der Waals surface area contributed by atoms with Crippen LogP contribution in [-0.2, 0) is 4.79 Å². The maximum absolute atomic E-state index is 10.6. The molecule has 2 nitrogen and oxygen atoms in total. The Bertz CT molecular complexity index is 368. The zero-order valence-corrected chi connectivity index (χ0v) is 16.5. The van der Waals surface area contributed by atoms with E-state index in [0.717, 1.165) is 19.3 Å². The highest BCUT2D eigenvalue weighted by Gasteiger charge is 1.96. The molecule has 0 atom stereocenters. The van der Waals surface area contributed by atoms with Crippen molar-refractivity contribution in [2.45, 2.75) is 111 Å². The van der Waals surface area contributed by atoms with Gasteiger partial charge in [0.15, 0.2) is 0 Å². The molecule has 0 saturated heterocycles. The summed E-state index contributed by atoms with van der Waals surface area (Å²) in [5.74, 6) is -0.173. The maximum atomic E-state index is 10.6. The van der Waals surface area contributed by atoms with Crippen LogP contribution in [0, 0.1) is 0 Å². The third-order valence-corrected chi connectivity index (χ3v) is 4.57. The van der Waals surface area contributed by atoms with Crippen LogP contribution in [0.2, 0.25) is 0 Å². The van der Waals surface area contributed by atoms with E-state index < -0.39 is 0 Å². The van der Waals surface area contributed by atoms with Gasteiger partial charge < -0.3 is 5.73 Å². The van der Waals surface area contributed by atoms with Crippen LogP contribution in [0.3, 0.4) is 0 Å². The normalized spacial score (nSPS) is 12.6. The summed E-state index contributed by atoms with van der Waals surface area (Å²) in [6, 6.07) is 0. The van der Waals surface area contributed by atoms with E-state index in [1.54, 1.807) is 0 Å². The van der Waals surface area contributed by atoms with E-state index in [9.17, 15) is 4.79 Å². The Morgan fingerprint density at radius 2 is 1.04 bits per heavy atom. The molecular formula is C22H41NO. The summed E-state index contributed by atoms with van der Waals surface area (Å²) in [6.45, 7) is 6.75. The summed E-state index contributed by atoms with van der Waals surface area (Å²) in [6.07, 6.45) is 21.7. The Morgan fingerprint density at radius 3 is 1.46 bits per heavy atom. The molecular weight excluding hydrogens is 294 g/mol. The fraction of sp³-hybridized carbons (Fsp3) is 0.773. The minimum absolute atomic E-state index is 0.173. The summed E-state index contributed by atoms with van der Waals surface area (Å²) in [5, 5.41) is 0. The van der Waals surface area contributed by atoms with Crippen molar-refractivity contribution in [1.82, 2.24) is 0 Å². The third kappa shape index (κ3) is 17.3. The van der Waals surface area contributed by atoms with Gasteiger partial charge in [-0.15, -0.1) is 0 Å². The largest absolute Gasteiger partial charge is 0.370 e. The highest BCUT2D eigenvalue weighted by atomic mass is 16.1. The average molecular weight is 336 g/mol. The summed E-state index contributed by atoms with van der Waals surface area (Å²) < 4.78 is 0. The van der Waals surface area contributed by atoms with Crippen molar-refractivity contribution in [3.05, 3.63) is 23.3 Å². The van der Waals surface area contributed by atoms with Crippen molar-refractivity contribution in [3.63, 3.8) is 0 Å². The smallest absolute Gasteiger partial charge is 0.217 e. The van der Waals surface area contributed by atoms with Crippen LogP contribution in [0.1, 0.15) is 111 Å². The van der Waals surface area contributed by atoms with Crippen molar-refractivity contribution in [1.29, 1.82) is 0 Å². The molecule has 0 unspecified atom stereocenters. The molecule has 0 heterocycles. The number of amides is 1. The quantitative estimate of drug-likeness (QED) is 0.243. The lowest BCUT2D eigenvalue weighted by Crippen LogP contribution is -2.09. The lowest BCUT2D eigenvalue weighted by Gasteiger charge is -2.03. The number of nitrogens with two attached hydrogens (primary N) is 1. The number of carbonyl (C=O) groups excluding carboxylic acids is 1. The molecule has 2 heteroatoms. The number of primary amides is 1. The second kappa shape index (κ2) is 16.8. The number of rotatable bonds is 16. The molecule has 24 heavy (non-hydrogen) atoms. The standard InChI is InChI=1S/C22H41NO/c1-4-5-6-7-8-9-12-15-20(2)18-19-21(3)16-13-10-11-14-17-22(23)24/h18-19H,4-17H2,1-3H3,(H2,23,24)/b20-18+,21-19+. The van der Waals surface area contributed by atoms with Gasteiger partial charge >= 0.3 is 0 Å². The van der Waals surface area contributed by atoms with Gasteiger partial charge in [0.25, 0.3) is 0 Å². The lowest BCUT2D eigenvalue weighted by atomic mass is 10.0. The van der Waals surface area contributed by atoms with Gasteiger partial charge in [-0.3, -0.25) is 4.79 Å². The molecule has 140 valence electrons. The molecule has 0 aromatic rings. The van der Waals surface area contributed by atoms with Crippen molar-refractivity contribution < 1.29 is 4.79 Å². The number of hydrogen-bond acceptors (Lipinski definition) is 1. The fourth-order valence-electron chi connectivity index (χ4n) is 2.87. The van der Waals surface area contributed by atoms with Gasteiger partial charge in [0, 0.05) is 6.42 Å². The minimum atomic E-state index is -0.173. The van der Waals surface area contributed by atoms with Crippen LogP contribution in [0.5, 0.6) is 0 Å². The third-order valence-electron chi connectivity index (χ3n) is 4.57. The molecule has 0 spiro atoms. The Kier molecular flexibility index (Phi) is 16.1. The van der Waals surface area contributed by atoms with Crippen LogP contribution < -0.4 is 5.73 Å². The van der Waals surface area contributed by atoms with Crippen LogP contribution in [0.15, 0.2) is 23.3 Å². The first-order valence-electron chi connectivity index (χ1n) is 10.2. The second-order valence-electron chi connectivity index (χ2n) is 7.28. The molecule has 1 amide bonds. The molecule has 0 aromatic carbocycles. The van der Waals surface area contributed by atoms with Gasteiger partial charge in [0.05, 0.1) is 0 Å². The molecule has 0 fully saturated rings. The monoisotopic (exact) mass is 335 g/mol. The summed E-state index contributed by atoms with van der Waals surface area (Å²) >= 11 is 0. The predicted molar refractivity (Wildman–Crippen MR) is 107 cm³/mol. The zero-order valence-electron chi connectivity index (χ0n) is 16.5. The highest BCUT2D eigenvalue weighted by Crippen LogP contribution is 2.14. The van der Waals surface area contributed by atoms with Crippen LogP contribution in [-0.4, -0.2) is 5.91 Å². The Balaban J connectivity index is 3.63. The molecule has 0 aliphatic carbocycles. The van der Waals surface area contributed by atoms with E-state index >= 15 is 0 Å². The molecule has 0 aliphatic rings. The molecule has 2 N–H and O–H groups in total. The van der Waals surface area contributed by atoms with Crippen molar-refractivity contribution >= 4 is 5.91 Å². The summed E-state index contributed by atoms with van der Waals surface area (Å²) in [7, 11) is 0. The predicted octanol–water partition coefficient (Wildman–Crippen LogP) is 6.85. The van der Waals surface area contributed by atoms with Crippen molar-refractivity contribution in [2.75, 3.05) is 0 Å². The first kappa shape index (κ1) is 22.9. The lowest BCUT2D eigenvalue weighted by molar-refractivity contribution is -0.118. The topological polar surface area (TPSA) is 43.1 Å². The molecule has 0 rings (SSSR count). The van der Waals surface area contributed by atoms with E-state index in [0.29, 0.717) is 6.42 Å². The minimum Gasteiger partial charge on any atom is -0.370 e. The van der Waals surface area contributed by atoms with E-state index in [4.69, 9.17) is 5.73 Å². The Labute approximate surface area is 151 Å². The molecule has 0 aromatic heterocycles. The average Bonchev–Trinajstić information content (AvgIpc) is 2.55. The Hall–Kier alpha value is -1.05. The van der Waals surface area contributed by atoms with E-state index in [1.165, 1.54) is 75.4 Å². The number of carbonyl (C=O) groups is 1. The van der Waals surface area contributed by atoms with Crippen molar-refractivity contribution in [2.24, 2.45) is 5.73 Å². The van der Waals surface area contributed by atoms with Gasteiger partial charge in [0.1, 0.15) is 0 Å². The molecule has 0 radical (unpaired) electrons. The van der Waals surface area contributed by atoms with Crippen LogP contribution in [0.4, 0.5) is 0 Å². The molecule has 0 bridgehead atoms. The first-order valence-corrected chi connectivity index (χ1v) is 10.2. The van der Waals surface area contributed by atoms with Gasteiger partial charge in [-0.1, -0.05) is 81.6 Å². The van der Waals surface area contributed by atoms with Crippen LogP contribution >= 0.6 is 0 Å². The van der Waals surface area contributed by atoms with E-state index in [-0.39, 0.29) is 5.91 Å². The SMILES string of the molecule is CCCCCCCCC/C(C)=C/C=C(\C)CCCCCCC(N)=O. The highest BCUT2D eigenvalue weighted by molar-refractivity contribution is 5.73. The second-order valence-corrected chi connectivity index (χ2v) is 7.28. The number of allylic oxidation sites excluding steroid dienone is 4. The van der Waals surface area contributed by atoms with Gasteiger partial charge in [0.2, 0.25) is 5.91 Å². The maximum Gasteiger partial charge on any atom is 0.217 e. The Morgan fingerprint density at radius 1 is 0.667 bits per heavy atom. The number of hydrogen-bond donors (Lipinski definition) is 1. The van der Waals surface area contributed by atoms with Crippen molar-refractivity contribution in [3.8, 4) is 0 Å². The van der Waals surface area contributed by atoms with E-state index in [1.807, 2.05) is 0 Å². The number of unbranched alkanes of at least 4 members (excludes halogenated alkanes) is 9. The molecule has 0 saturated carbocycles. The first-order chi connectivity index (χ1) is 11.6. The summed E-state index contributed by atoms with van der Waals surface area (Å²) in [4.78, 5) is 10.6. The molecule has 0 aliphatic heterocycles. The zero-order chi connectivity index (χ0) is 18.0. The van der Waals surface area contributed by atoms with Gasteiger partial charge in [-0.25, -0.2) is 0 Å². The van der Waals surface area contributed by atoms with Crippen LogP contribution in [0.25, 0.3) is 0 Å².